The molecule has 0 aliphatic carbocycles. The first-order chi connectivity index (χ1) is 6.43. The average molecular weight is 197 g/mol. The number of carboxylic acids is 1. The van der Waals surface area contributed by atoms with Crippen LogP contribution in [-0.4, -0.2) is 16.1 Å². The zero-order valence-corrected chi connectivity index (χ0v) is 8.12. The smallest absolute Gasteiger partial charge is 0.304 e. The van der Waals surface area contributed by atoms with Gasteiger partial charge in [-0.3, -0.25) is 4.79 Å². The predicted molar refractivity (Wildman–Crippen MR) is 49.5 cm³/mol. The lowest BCUT2D eigenvalue weighted by Crippen LogP contribution is -2.23. The van der Waals surface area contributed by atoms with Gasteiger partial charge in [0.2, 0.25) is 5.95 Å². The molecule has 0 saturated carbocycles. The van der Waals surface area contributed by atoms with Crippen LogP contribution in [0, 0.1) is 5.95 Å². The Morgan fingerprint density at radius 1 is 1.64 bits per heavy atom. The summed E-state index contributed by atoms with van der Waals surface area (Å²) in [5.74, 6) is -1.54. The second-order valence-corrected chi connectivity index (χ2v) is 3.80. The molecular weight excluding hydrogens is 185 g/mol. The van der Waals surface area contributed by atoms with Crippen LogP contribution in [0.25, 0.3) is 0 Å². The van der Waals surface area contributed by atoms with Gasteiger partial charge < -0.3 is 5.11 Å². The van der Waals surface area contributed by atoms with E-state index in [4.69, 9.17) is 5.11 Å². The van der Waals surface area contributed by atoms with Crippen LogP contribution in [0.1, 0.15) is 25.8 Å². The molecule has 3 nitrogen and oxygen atoms in total. The number of carboxylic acid groups (broad SMARTS) is 1. The molecule has 4 heteroatoms. The highest BCUT2D eigenvalue weighted by Crippen LogP contribution is 2.27. The Hall–Kier alpha value is -1.45. The molecule has 14 heavy (non-hydrogen) atoms. The maximum absolute atomic E-state index is 13.2. The van der Waals surface area contributed by atoms with Crippen LogP contribution in [0.4, 0.5) is 4.39 Å². The van der Waals surface area contributed by atoms with Gasteiger partial charge in [0.15, 0.2) is 0 Å². The maximum atomic E-state index is 13.2. The van der Waals surface area contributed by atoms with Gasteiger partial charge in [-0.1, -0.05) is 19.9 Å². The van der Waals surface area contributed by atoms with Gasteiger partial charge in [0, 0.05) is 17.2 Å². The molecule has 1 aromatic rings. The van der Waals surface area contributed by atoms with Gasteiger partial charge in [0.25, 0.3) is 0 Å². The standard InChI is InChI=1S/C10H12FNO2/c1-10(2,6-8(13)14)7-4-3-5-12-9(7)11/h3-5H,6H2,1-2H3,(H,13,14). The highest BCUT2D eigenvalue weighted by atomic mass is 19.1. The first-order valence-electron chi connectivity index (χ1n) is 4.26. The summed E-state index contributed by atoms with van der Waals surface area (Å²) in [4.78, 5) is 14.0. The number of hydrogen-bond acceptors (Lipinski definition) is 2. The third-order valence-corrected chi connectivity index (χ3v) is 2.08. The van der Waals surface area contributed by atoms with Crippen LogP contribution in [0.5, 0.6) is 0 Å². The number of halogens is 1. The Kier molecular flexibility index (Phi) is 2.84. The minimum absolute atomic E-state index is 0.115. The Morgan fingerprint density at radius 2 is 2.29 bits per heavy atom. The molecule has 0 spiro atoms. The third kappa shape index (κ3) is 2.28. The van der Waals surface area contributed by atoms with Gasteiger partial charge in [0.05, 0.1) is 6.42 Å². The molecular formula is C10H12FNO2. The lowest BCUT2D eigenvalue weighted by Gasteiger charge is -2.22. The number of carbonyl (C=O) groups is 1. The predicted octanol–water partition coefficient (Wildman–Crippen LogP) is 1.97. The molecule has 1 heterocycles. The third-order valence-electron chi connectivity index (χ3n) is 2.08. The van der Waals surface area contributed by atoms with Crippen LogP contribution in [0.2, 0.25) is 0 Å². The van der Waals surface area contributed by atoms with Crippen LogP contribution in [-0.2, 0) is 10.2 Å². The summed E-state index contributed by atoms with van der Waals surface area (Å²) < 4.78 is 13.2. The van der Waals surface area contributed by atoms with Crippen molar-refractivity contribution in [2.75, 3.05) is 0 Å². The fraction of sp³-hybridized carbons (Fsp3) is 0.400. The first kappa shape index (κ1) is 10.6. The molecule has 0 saturated heterocycles. The molecule has 76 valence electrons. The number of aromatic nitrogens is 1. The maximum Gasteiger partial charge on any atom is 0.304 e. The first-order valence-corrected chi connectivity index (χ1v) is 4.26. The SMILES string of the molecule is CC(C)(CC(=O)O)c1cccnc1F. The highest BCUT2D eigenvalue weighted by molar-refractivity contribution is 5.68. The van der Waals surface area contributed by atoms with E-state index in [1.807, 2.05) is 0 Å². The zero-order chi connectivity index (χ0) is 10.8. The van der Waals surface area contributed by atoms with Crippen LogP contribution < -0.4 is 0 Å². The summed E-state index contributed by atoms with van der Waals surface area (Å²) in [6.07, 6.45) is 1.23. The van der Waals surface area contributed by atoms with Crippen molar-refractivity contribution in [3.8, 4) is 0 Å². The number of pyridine rings is 1. The minimum atomic E-state index is -0.946. The van der Waals surface area contributed by atoms with Crippen LogP contribution >= 0.6 is 0 Å². The van der Waals surface area contributed by atoms with Crippen molar-refractivity contribution in [1.29, 1.82) is 0 Å². The van der Waals surface area contributed by atoms with E-state index in [1.165, 1.54) is 6.20 Å². The summed E-state index contributed by atoms with van der Waals surface area (Å²) in [5.41, 5.74) is -0.396. The van der Waals surface area contributed by atoms with E-state index in [1.54, 1.807) is 26.0 Å². The fourth-order valence-corrected chi connectivity index (χ4v) is 1.36. The van der Waals surface area contributed by atoms with Crippen LogP contribution in [0.15, 0.2) is 18.3 Å². The van der Waals surface area contributed by atoms with Crippen molar-refractivity contribution >= 4 is 5.97 Å². The van der Waals surface area contributed by atoms with E-state index >= 15 is 0 Å². The molecule has 0 atom stereocenters. The lowest BCUT2D eigenvalue weighted by molar-refractivity contribution is -0.138. The zero-order valence-electron chi connectivity index (χ0n) is 8.12. The molecule has 0 fully saturated rings. The van der Waals surface area contributed by atoms with Gasteiger partial charge in [-0.2, -0.15) is 4.39 Å². The molecule has 1 aromatic heterocycles. The number of aliphatic carboxylic acids is 1. The second-order valence-electron chi connectivity index (χ2n) is 3.80. The van der Waals surface area contributed by atoms with E-state index in [-0.39, 0.29) is 6.42 Å². The Labute approximate surface area is 81.6 Å². The Bertz CT molecular complexity index is 350. The fourth-order valence-electron chi connectivity index (χ4n) is 1.36. The summed E-state index contributed by atoms with van der Waals surface area (Å²) >= 11 is 0. The van der Waals surface area contributed by atoms with Crippen molar-refractivity contribution in [2.45, 2.75) is 25.7 Å². The van der Waals surface area contributed by atoms with Crippen LogP contribution in [0.3, 0.4) is 0 Å². The molecule has 1 rings (SSSR count). The topological polar surface area (TPSA) is 50.2 Å². The number of nitrogens with zero attached hydrogens (tertiary/aromatic N) is 1. The average Bonchev–Trinajstić information content (AvgIpc) is 2.02. The van der Waals surface area contributed by atoms with Gasteiger partial charge in [-0.25, -0.2) is 4.98 Å². The molecule has 0 bridgehead atoms. The quantitative estimate of drug-likeness (QED) is 0.753. The van der Waals surface area contributed by atoms with Crippen molar-refractivity contribution in [1.82, 2.24) is 4.98 Å². The number of rotatable bonds is 3. The summed E-state index contributed by atoms with van der Waals surface area (Å²) in [7, 11) is 0. The molecule has 0 aliphatic heterocycles. The lowest BCUT2D eigenvalue weighted by atomic mass is 9.82. The van der Waals surface area contributed by atoms with Gasteiger partial charge >= 0.3 is 5.97 Å². The minimum Gasteiger partial charge on any atom is -0.481 e. The molecule has 0 amide bonds. The second kappa shape index (κ2) is 3.74. The Balaban J connectivity index is 3.03. The van der Waals surface area contributed by atoms with E-state index in [0.717, 1.165) is 0 Å². The molecule has 0 radical (unpaired) electrons. The summed E-state index contributed by atoms with van der Waals surface area (Å²) in [5, 5.41) is 8.66. The summed E-state index contributed by atoms with van der Waals surface area (Å²) in [6, 6.07) is 3.16. The van der Waals surface area contributed by atoms with E-state index in [9.17, 15) is 9.18 Å². The van der Waals surface area contributed by atoms with E-state index < -0.39 is 17.3 Å². The van der Waals surface area contributed by atoms with Gasteiger partial charge in [0.1, 0.15) is 0 Å². The normalized spacial score (nSPS) is 11.4. The molecule has 0 aliphatic rings. The van der Waals surface area contributed by atoms with Gasteiger partial charge in [-0.05, 0) is 6.07 Å². The monoisotopic (exact) mass is 197 g/mol. The summed E-state index contributed by atoms with van der Waals surface area (Å²) in [6.45, 7) is 3.36. The van der Waals surface area contributed by atoms with E-state index in [0.29, 0.717) is 5.56 Å². The molecule has 0 aromatic carbocycles. The van der Waals surface area contributed by atoms with Crippen molar-refractivity contribution in [3.05, 3.63) is 29.8 Å². The van der Waals surface area contributed by atoms with Crippen molar-refractivity contribution in [2.24, 2.45) is 0 Å². The van der Waals surface area contributed by atoms with E-state index in [2.05, 4.69) is 4.98 Å². The largest absolute Gasteiger partial charge is 0.481 e. The highest BCUT2D eigenvalue weighted by Gasteiger charge is 2.27. The number of hydrogen-bond donors (Lipinski definition) is 1. The van der Waals surface area contributed by atoms with Crippen molar-refractivity contribution in [3.63, 3.8) is 0 Å². The van der Waals surface area contributed by atoms with Gasteiger partial charge in [-0.15, -0.1) is 0 Å². The molecule has 1 N–H and O–H groups in total. The molecule has 0 unspecified atom stereocenters. The Morgan fingerprint density at radius 3 is 2.79 bits per heavy atom. The van der Waals surface area contributed by atoms with Crippen molar-refractivity contribution < 1.29 is 14.3 Å².